The monoisotopic (exact) mass is 379 g/mol. The quantitative estimate of drug-likeness (QED) is 0.384. The normalized spacial score (nSPS) is 13.9. The standard InChI is InChI=1S/C20H21N5OS/c21-12-6-8-14-27-20-22-18-17(16-11-5-2-7-13-24(16)20)19(26)25(23-18)15-9-3-1-4-10-15/h1,3-4,9-10H,2,5-8,11,13-14H2. The van der Waals surface area contributed by atoms with E-state index in [1.807, 2.05) is 30.3 Å². The predicted molar refractivity (Wildman–Crippen MR) is 105 cm³/mol. The number of unbranched alkanes of at least 4 members (excludes halogenated alkanes) is 1. The lowest BCUT2D eigenvalue weighted by Gasteiger charge is -2.17. The van der Waals surface area contributed by atoms with Gasteiger partial charge in [0.15, 0.2) is 11.0 Å². The third-order valence-electron chi connectivity index (χ3n) is 4.83. The molecule has 27 heavy (non-hydrogen) atoms. The number of fused-ring (bicyclic) bond motifs is 3. The molecule has 138 valence electrons. The van der Waals surface area contributed by atoms with Crippen molar-refractivity contribution in [2.75, 3.05) is 5.75 Å². The minimum atomic E-state index is -0.0876. The highest BCUT2D eigenvalue weighted by atomic mass is 32.2. The van der Waals surface area contributed by atoms with Crippen molar-refractivity contribution < 1.29 is 0 Å². The first kappa shape index (κ1) is 17.8. The van der Waals surface area contributed by atoms with Crippen LogP contribution in [0, 0.1) is 11.3 Å². The number of benzene rings is 1. The van der Waals surface area contributed by atoms with Crippen LogP contribution in [0.25, 0.3) is 17.1 Å². The molecule has 0 aliphatic carbocycles. The van der Waals surface area contributed by atoms with Gasteiger partial charge in [-0.15, -0.1) is 5.10 Å². The summed E-state index contributed by atoms with van der Waals surface area (Å²) in [5.74, 6) is 1.37. The molecule has 7 heteroatoms. The van der Waals surface area contributed by atoms with E-state index in [0.29, 0.717) is 17.8 Å². The van der Waals surface area contributed by atoms with Crippen LogP contribution >= 0.6 is 11.8 Å². The maximum absolute atomic E-state index is 13.1. The van der Waals surface area contributed by atoms with Gasteiger partial charge in [0, 0.05) is 24.4 Å². The molecule has 0 fully saturated rings. The summed E-state index contributed by atoms with van der Waals surface area (Å²) >= 11 is 1.66. The summed E-state index contributed by atoms with van der Waals surface area (Å²) in [6.45, 7) is 0.884. The van der Waals surface area contributed by atoms with Crippen LogP contribution in [-0.2, 0) is 13.0 Å². The molecule has 4 rings (SSSR count). The molecule has 0 N–H and O–H groups in total. The van der Waals surface area contributed by atoms with E-state index in [-0.39, 0.29) is 5.56 Å². The second-order valence-electron chi connectivity index (χ2n) is 6.66. The summed E-state index contributed by atoms with van der Waals surface area (Å²) in [6.07, 6.45) is 5.59. The molecule has 0 atom stereocenters. The van der Waals surface area contributed by atoms with Crippen molar-refractivity contribution in [3.05, 3.63) is 46.4 Å². The molecule has 3 heterocycles. The molecule has 0 unspecified atom stereocenters. The van der Waals surface area contributed by atoms with Crippen molar-refractivity contribution in [2.45, 2.75) is 50.2 Å². The average molecular weight is 379 g/mol. The van der Waals surface area contributed by atoms with Crippen molar-refractivity contribution in [3.8, 4) is 23.1 Å². The van der Waals surface area contributed by atoms with Gasteiger partial charge in [0.2, 0.25) is 0 Å². The third kappa shape index (κ3) is 3.50. The van der Waals surface area contributed by atoms with Crippen LogP contribution in [0.1, 0.15) is 37.8 Å². The largest absolute Gasteiger partial charge is 0.324 e. The maximum atomic E-state index is 13.1. The number of thioether (sulfide) groups is 1. The van der Waals surface area contributed by atoms with Gasteiger partial charge in [0.1, 0.15) is 5.56 Å². The molecule has 3 aliphatic heterocycles. The zero-order valence-electron chi connectivity index (χ0n) is 15.1. The van der Waals surface area contributed by atoms with E-state index in [1.54, 1.807) is 11.8 Å². The molecule has 0 bridgehead atoms. The Balaban J connectivity index is 1.83. The highest BCUT2D eigenvalue weighted by Gasteiger charge is 2.26. The molecule has 6 nitrogen and oxygen atoms in total. The van der Waals surface area contributed by atoms with E-state index in [9.17, 15) is 4.79 Å². The second kappa shape index (κ2) is 7.97. The van der Waals surface area contributed by atoms with Gasteiger partial charge in [0.05, 0.1) is 11.8 Å². The molecular formula is C20H21N5OS. The highest BCUT2D eigenvalue weighted by Crippen LogP contribution is 2.30. The van der Waals surface area contributed by atoms with Crippen LogP contribution in [0.3, 0.4) is 0 Å². The fraction of sp³-hybridized carbons (Fsp3) is 0.400. The van der Waals surface area contributed by atoms with Gasteiger partial charge in [-0.1, -0.05) is 36.4 Å². The van der Waals surface area contributed by atoms with E-state index in [4.69, 9.17) is 10.2 Å². The van der Waals surface area contributed by atoms with Gasteiger partial charge in [-0.25, -0.2) is 4.98 Å². The molecule has 1 aromatic carbocycles. The first-order valence-corrected chi connectivity index (χ1v) is 10.4. The summed E-state index contributed by atoms with van der Waals surface area (Å²) in [5.41, 5.74) is 2.39. The minimum Gasteiger partial charge on any atom is -0.324 e. The lowest BCUT2D eigenvalue weighted by atomic mass is 10.1. The first-order valence-electron chi connectivity index (χ1n) is 9.37. The summed E-state index contributed by atoms with van der Waals surface area (Å²) < 4.78 is 3.68. The Hall–Kier alpha value is -2.59. The molecule has 0 saturated heterocycles. The number of nitrogens with zero attached hydrogens (tertiary/aromatic N) is 5. The molecular weight excluding hydrogens is 358 g/mol. The van der Waals surface area contributed by atoms with Crippen molar-refractivity contribution in [1.29, 1.82) is 5.26 Å². The predicted octanol–water partition coefficient (Wildman–Crippen LogP) is 3.66. The molecule has 0 saturated carbocycles. The van der Waals surface area contributed by atoms with E-state index in [0.717, 1.165) is 60.9 Å². The molecule has 1 aromatic rings. The average Bonchev–Trinajstić information content (AvgIpc) is 2.87. The smallest absolute Gasteiger partial charge is 0.284 e. The number of aromatic nitrogens is 4. The fourth-order valence-electron chi connectivity index (χ4n) is 3.52. The minimum absolute atomic E-state index is 0.0876. The molecule has 0 spiro atoms. The van der Waals surface area contributed by atoms with Crippen LogP contribution in [0.4, 0.5) is 0 Å². The summed E-state index contributed by atoms with van der Waals surface area (Å²) in [7, 11) is 0. The second-order valence-corrected chi connectivity index (χ2v) is 7.73. The Bertz CT molecular complexity index is 1000. The number of hydrogen-bond acceptors (Lipinski definition) is 5. The van der Waals surface area contributed by atoms with E-state index >= 15 is 0 Å². The molecule has 0 aromatic heterocycles. The van der Waals surface area contributed by atoms with Crippen molar-refractivity contribution in [2.24, 2.45) is 0 Å². The van der Waals surface area contributed by atoms with Crippen LogP contribution in [0.5, 0.6) is 0 Å². The Morgan fingerprint density at radius 2 is 2.04 bits per heavy atom. The lowest BCUT2D eigenvalue weighted by molar-refractivity contribution is 0.571. The number of para-hydroxylation sites is 1. The van der Waals surface area contributed by atoms with Crippen LogP contribution < -0.4 is 5.56 Å². The molecule has 0 radical (unpaired) electrons. The number of hydrogen-bond donors (Lipinski definition) is 0. The third-order valence-corrected chi connectivity index (χ3v) is 5.89. The topological polar surface area (TPSA) is 76.5 Å². The summed E-state index contributed by atoms with van der Waals surface area (Å²) in [5, 5.41) is 14.2. The lowest BCUT2D eigenvalue weighted by Crippen LogP contribution is -2.19. The number of rotatable bonds is 5. The zero-order valence-corrected chi connectivity index (χ0v) is 15.9. The zero-order chi connectivity index (χ0) is 18.6. The van der Waals surface area contributed by atoms with Gasteiger partial charge < -0.3 is 4.57 Å². The van der Waals surface area contributed by atoms with Crippen LogP contribution in [0.15, 0.2) is 40.3 Å². The SMILES string of the molecule is N#CCCCSc1nc2nn(-c3ccccc3)c(=O)c-2c2n1CCCCC2. The molecule has 0 amide bonds. The Morgan fingerprint density at radius 1 is 1.19 bits per heavy atom. The highest BCUT2D eigenvalue weighted by molar-refractivity contribution is 7.99. The first-order chi connectivity index (χ1) is 13.3. The fourth-order valence-corrected chi connectivity index (χ4v) is 4.50. The van der Waals surface area contributed by atoms with Gasteiger partial charge in [0.25, 0.3) is 5.56 Å². The molecule has 3 aliphatic rings. The maximum Gasteiger partial charge on any atom is 0.284 e. The van der Waals surface area contributed by atoms with Crippen molar-refractivity contribution in [3.63, 3.8) is 0 Å². The summed E-state index contributed by atoms with van der Waals surface area (Å²) in [6, 6.07) is 11.7. The van der Waals surface area contributed by atoms with Gasteiger partial charge in [-0.2, -0.15) is 9.94 Å². The van der Waals surface area contributed by atoms with E-state index in [1.165, 1.54) is 4.68 Å². The van der Waals surface area contributed by atoms with Crippen molar-refractivity contribution >= 4 is 11.8 Å². The van der Waals surface area contributed by atoms with Crippen molar-refractivity contribution in [1.82, 2.24) is 19.3 Å². The number of nitriles is 1. The van der Waals surface area contributed by atoms with Crippen LogP contribution in [0.2, 0.25) is 0 Å². The van der Waals surface area contributed by atoms with Crippen LogP contribution in [-0.4, -0.2) is 25.1 Å². The van der Waals surface area contributed by atoms with E-state index in [2.05, 4.69) is 15.7 Å². The summed E-state index contributed by atoms with van der Waals surface area (Å²) in [4.78, 5) is 17.9. The van der Waals surface area contributed by atoms with Gasteiger partial charge in [-0.3, -0.25) is 4.79 Å². The Labute approximate surface area is 162 Å². The Morgan fingerprint density at radius 3 is 2.85 bits per heavy atom. The Kier molecular flexibility index (Phi) is 5.26. The van der Waals surface area contributed by atoms with E-state index < -0.39 is 0 Å². The van der Waals surface area contributed by atoms with Gasteiger partial charge >= 0.3 is 0 Å². The van der Waals surface area contributed by atoms with Gasteiger partial charge in [-0.05, 0) is 37.8 Å².